The van der Waals surface area contributed by atoms with Gasteiger partial charge in [-0.3, -0.25) is 0 Å². The third kappa shape index (κ3) is 29.0. The second kappa shape index (κ2) is 32.0. The summed E-state index contributed by atoms with van der Waals surface area (Å²) in [5.41, 5.74) is 6.37. The smallest absolute Gasteiger partial charge is 0.119 e. The van der Waals surface area contributed by atoms with Crippen molar-refractivity contribution in [3.05, 3.63) is 24.3 Å². The Hall–Kier alpha value is -1.66. The quantitative estimate of drug-likeness (QED) is 0.0770. The van der Waals surface area contributed by atoms with Crippen LogP contribution in [0, 0.1) is 0 Å². The summed E-state index contributed by atoms with van der Waals surface area (Å²) in [7, 11) is 0. The SMILES string of the molecule is CC(COCCOCCOc1ccc(N)cc1)OCC(C)OCC(C)OCC(C)OCC(C)OCC(C)OCCOCCOCCOCCO. The highest BCUT2D eigenvalue weighted by Gasteiger charge is 2.13. The molecule has 0 aliphatic rings. The molecule has 1 aromatic rings. The number of aliphatic hydroxyl groups is 1. The van der Waals surface area contributed by atoms with E-state index in [0.717, 1.165) is 5.75 Å². The maximum atomic E-state index is 8.63. The van der Waals surface area contributed by atoms with Gasteiger partial charge >= 0.3 is 0 Å². The van der Waals surface area contributed by atoms with E-state index < -0.39 is 0 Å². The first kappa shape index (κ1) is 46.4. The summed E-state index contributed by atoms with van der Waals surface area (Å²) < 4.78 is 67.9. The van der Waals surface area contributed by atoms with Crippen LogP contribution < -0.4 is 10.5 Å². The number of nitrogen functional groups attached to an aromatic ring is 1. The normalized spacial score (nSPS) is 15.4. The molecular formula is C36H67NO13. The highest BCUT2D eigenvalue weighted by Crippen LogP contribution is 2.12. The van der Waals surface area contributed by atoms with Crippen LogP contribution in [0.4, 0.5) is 5.69 Å². The molecule has 0 fully saturated rings. The zero-order valence-electron chi connectivity index (χ0n) is 31.4. The van der Waals surface area contributed by atoms with Gasteiger partial charge in [0, 0.05) is 5.69 Å². The largest absolute Gasteiger partial charge is 0.491 e. The van der Waals surface area contributed by atoms with Crippen molar-refractivity contribution in [2.75, 3.05) is 125 Å². The first-order valence-corrected chi connectivity index (χ1v) is 17.9. The van der Waals surface area contributed by atoms with Crippen LogP contribution in [0.15, 0.2) is 24.3 Å². The standard InChI is InChI=1S/C36H67NO13/c1-29(23-43-18-17-42-20-22-45-36-9-7-35(37)8-10-36)46-25-31(3)48-27-33(5)50-28-34(6)49-26-32(4)47-24-30(2)44-21-19-41-16-15-40-14-13-39-12-11-38/h7-10,29-34,38H,11-28,37H2,1-6H3. The molecule has 0 saturated heterocycles. The molecule has 0 saturated carbocycles. The number of ether oxygens (including phenoxy) is 12. The van der Waals surface area contributed by atoms with Crippen LogP contribution >= 0.6 is 0 Å². The Balaban J connectivity index is 1.93. The molecule has 1 rings (SSSR count). The minimum Gasteiger partial charge on any atom is -0.491 e. The summed E-state index contributed by atoms with van der Waals surface area (Å²) in [6.07, 6.45) is -0.436. The molecule has 50 heavy (non-hydrogen) atoms. The van der Waals surface area contributed by atoms with Crippen LogP contribution in [0.2, 0.25) is 0 Å². The molecule has 6 unspecified atom stereocenters. The van der Waals surface area contributed by atoms with Crippen molar-refractivity contribution in [2.45, 2.75) is 78.2 Å². The van der Waals surface area contributed by atoms with Crippen molar-refractivity contribution in [1.29, 1.82) is 0 Å². The van der Waals surface area contributed by atoms with E-state index >= 15 is 0 Å². The molecule has 0 aromatic heterocycles. The van der Waals surface area contributed by atoms with Crippen molar-refractivity contribution < 1.29 is 61.9 Å². The lowest BCUT2D eigenvalue weighted by Crippen LogP contribution is -2.30. The third-order valence-corrected chi connectivity index (χ3v) is 6.79. The Morgan fingerprint density at radius 3 is 1.20 bits per heavy atom. The van der Waals surface area contributed by atoms with Crippen LogP contribution in [0.1, 0.15) is 41.5 Å². The summed E-state index contributed by atoms with van der Waals surface area (Å²) in [6.45, 7) is 19.8. The summed E-state index contributed by atoms with van der Waals surface area (Å²) in [6, 6.07) is 7.27. The lowest BCUT2D eigenvalue weighted by molar-refractivity contribution is -0.106. The van der Waals surface area contributed by atoms with E-state index in [1.165, 1.54) is 0 Å². The zero-order chi connectivity index (χ0) is 36.7. The van der Waals surface area contributed by atoms with Crippen molar-refractivity contribution >= 4 is 5.69 Å². The number of hydrogen-bond donors (Lipinski definition) is 2. The van der Waals surface area contributed by atoms with Gasteiger partial charge in [-0.1, -0.05) is 0 Å². The van der Waals surface area contributed by atoms with Gasteiger partial charge in [0.15, 0.2) is 0 Å². The molecule has 0 heterocycles. The lowest BCUT2D eigenvalue weighted by Gasteiger charge is -2.22. The van der Waals surface area contributed by atoms with Gasteiger partial charge in [-0.05, 0) is 65.8 Å². The van der Waals surface area contributed by atoms with Gasteiger partial charge in [-0.2, -0.15) is 0 Å². The molecule has 14 nitrogen and oxygen atoms in total. The van der Waals surface area contributed by atoms with Gasteiger partial charge in [0.05, 0.1) is 149 Å². The summed E-state index contributed by atoms with van der Waals surface area (Å²) in [5, 5.41) is 8.63. The average molecular weight is 722 g/mol. The van der Waals surface area contributed by atoms with E-state index in [1.807, 2.05) is 53.7 Å². The molecular weight excluding hydrogens is 654 g/mol. The van der Waals surface area contributed by atoms with E-state index in [9.17, 15) is 0 Å². The molecule has 0 bridgehead atoms. The number of rotatable bonds is 36. The van der Waals surface area contributed by atoms with Crippen molar-refractivity contribution in [3.63, 3.8) is 0 Å². The molecule has 0 amide bonds. The van der Waals surface area contributed by atoms with Crippen LogP contribution in [0.3, 0.4) is 0 Å². The zero-order valence-corrected chi connectivity index (χ0v) is 31.4. The fourth-order valence-electron chi connectivity index (χ4n) is 3.95. The van der Waals surface area contributed by atoms with E-state index in [0.29, 0.717) is 118 Å². The van der Waals surface area contributed by atoms with Gasteiger partial charge in [0.2, 0.25) is 0 Å². The van der Waals surface area contributed by atoms with E-state index in [1.54, 1.807) is 12.1 Å². The Bertz CT molecular complexity index is 869. The first-order chi connectivity index (χ1) is 24.2. The molecule has 0 aliphatic carbocycles. The fourth-order valence-corrected chi connectivity index (χ4v) is 3.95. The predicted octanol–water partition coefficient (Wildman–Crippen LogP) is 3.15. The maximum absolute atomic E-state index is 8.63. The van der Waals surface area contributed by atoms with Gasteiger partial charge in [-0.15, -0.1) is 0 Å². The lowest BCUT2D eigenvalue weighted by atomic mass is 10.3. The van der Waals surface area contributed by atoms with Crippen LogP contribution in [-0.4, -0.2) is 161 Å². The first-order valence-electron chi connectivity index (χ1n) is 17.9. The van der Waals surface area contributed by atoms with E-state index in [-0.39, 0.29) is 43.2 Å². The summed E-state index contributed by atoms with van der Waals surface area (Å²) >= 11 is 0. The number of hydrogen-bond acceptors (Lipinski definition) is 14. The monoisotopic (exact) mass is 721 g/mol. The van der Waals surface area contributed by atoms with E-state index in [4.69, 9.17) is 67.7 Å². The molecule has 0 radical (unpaired) electrons. The molecule has 3 N–H and O–H groups in total. The second-order valence-corrected chi connectivity index (χ2v) is 12.1. The predicted molar refractivity (Wildman–Crippen MR) is 190 cm³/mol. The summed E-state index contributed by atoms with van der Waals surface area (Å²) in [4.78, 5) is 0. The fraction of sp³-hybridized carbons (Fsp3) is 0.833. The number of benzene rings is 1. The molecule has 294 valence electrons. The highest BCUT2D eigenvalue weighted by atomic mass is 16.6. The molecule has 0 spiro atoms. The van der Waals surface area contributed by atoms with Crippen molar-refractivity contribution in [2.24, 2.45) is 0 Å². The number of nitrogens with two attached hydrogens (primary N) is 1. The second-order valence-electron chi connectivity index (χ2n) is 12.1. The Kier molecular flexibility index (Phi) is 29.7. The van der Waals surface area contributed by atoms with Gasteiger partial charge in [0.25, 0.3) is 0 Å². The van der Waals surface area contributed by atoms with Gasteiger partial charge in [0.1, 0.15) is 12.4 Å². The molecule has 1 aromatic carbocycles. The van der Waals surface area contributed by atoms with Crippen molar-refractivity contribution in [1.82, 2.24) is 0 Å². The van der Waals surface area contributed by atoms with Gasteiger partial charge < -0.3 is 67.7 Å². The topological polar surface area (TPSA) is 157 Å². The Labute approximate surface area is 300 Å². The van der Waals surface area contributed by atoms with Crippen LogP contribution in [0.5, 0.6) is 5.75 Å². The average Bonchev–Trinajstić information content (AvgIpc) is 3.11. The Morgan fingerprint density at radius 1 is 0.420 bits per heavy atom. The van der Waals surface area contributed by atoms with Crippen LogP contribution in [-0.2, 0) is 52.1 Å². The number of aliphatic hydroxyl groups excluding tert-OH is 1. The maximum Gasteiger partial charge on any atom is 0.119 e. The van der Waals surface area contributed by atoms with E-state index in [2.05, 4.69) is 0 Å². The van der Waals surface area contributed by atoms with Crippen molar-refractivity contribution in [3.8, 4) is 5.75 Å². The Morgan fingerprint density at radius 2 is 0.760 bits per heavy atom. The van der Waals surface area contributed by atoms with Crippen LogP contribution in [0.25, 0.3) is 0 Å². The summed E-state index contributed by atoms with van der Waals surface area (Å²) in [5.74, 6) is 0.767. The molecule has 0 aliphatic heterocycles. The minimum atomic E-state index is -0.0821. The minimum absolute atomic E-state index is 0.0193. The third-order valence-electron chi connectivity index (χ3n) is 6.79. The number of anilines is 1. The highest BCUT2D eigenvalue weighted by molar-refractivity contribution is 5.41. The molecule has 14 heteroatoms. The molecule has 6 atom stereocenters. The van der Waals surface area contributed by atoms with Gasteiger partial charge in [-0.25, -0.2) is 0 Å².